The van der Waals surface area contributed by atoms with Crippen molar-refractivity contribution >= 4 is 65.0 Å². The van der Waals surface area contributed by atoms with Crippen LogP contribution in [0.1, 0.15) is 129 Å². The Morgan fingerprint density at radius 1 is 0.658 bits per heavy atom. The van der Waals surface area contributed by atoms with Crippen molar-refractivity contribution in [3.8, 4) is 5.75 Å². The highest BCUT2D eigenvalue weighted by Crippen LogP contribution is 2.21. The van der Waals surface area contributed by atoms with Gasteiger partial charge in [0.1, 0.15) is 48.0 Å². The molecule has 1 aromatic rings. The van der Waals surface area contributed by atoms with Gasteiger partial charge in [-0.3, -0.25) is 52.7 Å². The van der Waals surface area contributed by atoms with E-state index in [1.54, 1.807) is 0 Å². The third-order valence-electron chi connectivity index (χ3n) is 12.5. The molecule has 406 valence electrons. The van der Waals surface area contributed by atoms with Gasteiger partial charge in [0.15, 0.2) is 0 Å². The van der Waals surface area contributed by atoms with Crippen molar-refractivity contribution in [2.75, 3.05) is 13.2 Å². The number of carboxylic acid groups (broad SMARTS) is 1. The van der Waals surface area contributed by atoms with Gasteiger partial charge in [0.25, 0.3) is 0 Å². The fourth-order valence-corrected chi connectivity index (χ4v) is 8.56. The van der Waals surface area contributed by atoms with Crippen LogP contribution in [0.5, 0.6) is 5.75 Å². The highest BCUT2D eigenvalue weighted by Gasteiger charge is 2.41. The van der Waals surface area contributed by atoms with Crippen LogP contribution in [0.3, 0.4) is 0 Å². The molecule has 0 bridgehead atoms. The van der Waals surface area contributed by atoms with E-state index in [0.29, 0.717) is 18.4 Å². The normalized spacial score (nSPS) is 24.7. The van der Waals surface area contributed by atoms with Crippen LogP contribution in [0.25, 0.3) is 0 Å². The van der Waals surface area contributed by atoms with E-state index in [4.69, 9.17) is 11.5 Å². The number of fused-ring (bicyclic) bond motifs is 1. The number of phenolic OH excluding ortho intramolecular Hbond substituents is 1. The van der Waals surface area contributed by atoms with E-state index in [9.17, 15) is 73.2 Å². The van der Waals surface area contributed by atoms with Crippen LogP contribution in [-0.2, 0) is 59.2 Å². The number of rotatable bonds is 21. The Morgan fingerprint density at radius 3 is 1.78 bits per heavy atom. The van der Waals surface area contributed by atoms with E-state index >= 15 is 0 Å². The lowest BCUT2D eigenvalue weighted by molar-refractivity contribution is -0.143. The molecule has 0 saturated carbocycles. The number of nitrogens with one attached hydrogen (secondary N) is 7. The summed E-state index contributed by atoms with van der Waals surface area (Å²) in [5, 5.41) is 57.3. The third-order valence-corrected chi connectivity index (χ3v) is 12.5. The number of hydrogen-bond donors (Lipinski definition) is 13. The Labute approximate surface area is 423 Å². The number of aliphatic hydroxyl groups excluding tert-OH is 2. The lowest BCUT2D eigenvalue weighted by atomic mass is 10.0. The molecule has 0 spiro atoms. The zero-order chi connectivity index (χ0) is 54.2. The molecule has 25 nitrogen and oxygen atoms in total. The number of carbonyl (C=O) groups is 11. The van der Waals surface area contributed by atoms with E-state index in [1.165, 1.54) is 31.2 Å². The summed E-state index contributed by atoms with van der Waals surface area (Å²) in [5.74, 6) is -11.9. The number of benzene rings is 1. The SMILES string of the molecule is CCCCCCCCCCCC1CC(=O)NC(CC(N)=O)C(=O)NC(Cc2ccc(O)cc2)C(=O)NC(CC(N)=O)C(=O)N2CCCC2C(=O)NC(CCC(=O)O)C(=O)NC(CO)C(=O)NC(C(C)O)C(=O)N1. The van der Waals surface area contributed by atoms with Crippen LogP contribution in [0.2, 0.25) is 0 Å². The molecule has 0 aliphatic carbocycles. The summed E-state index contributed by atoms with van der Waals surface area (Å²) < 4.78 is 0. The number of hydrogen-bond acceptors (Lipinski definition) is 14. The molecule has 2 fully saturated rings. The minimum Gasteiger partial charge on any atom is -0.508 e. The summed E-state index contributed by atoms with van der Waals surface area (Å²) in [6.45, 7) is 2.10. The molecular formula is C48H74N10O15. The van der Waals surface area contributed by atoms with Crippen LogP contribution < -0.4 is 48.7 Å². The van der Waals surface area contributed by atoms with E-state index in [0.717, 1.165) is 49.8 Å². The quantitative estimate of drug-likeness (QED) is 0.0573. The number of unbranched alkanes of at least 4 members (excludes halogenated alkanes) is 8. The minimum absolute atomic E-state index is 0.0148. The van der Waals surface area contributed by atoms with Crippen molar-refractivity contribution in [3.63, 3.8) is 0 Å². The first-order valence-electron chi connectivity index (χ1n) is 24.9. The van der Waals surface area contributed by atoms with Crippen LogP contribution in [0.15, 0.2) is 24.3 Å². The Morgan fingerprint density at radius 2 is 1.19 bits per heavy atom. The summed E-state index contributed by atoms with van der Waals surface area (Å²) in [6.07, 6.45) is 3.55. The molecule has 0 radical (unpaired) electrons. The zero-order valence-electron chi connectivity index (χ0n) is 41.5. The topological polar surface area (TPSA) is 408 Å². The first kappa shape index (κ1) is 60.4. The molecule has 2 saturated heterocycles. The standard InChI is InChI=1S/C48H74N10O15/c1-3-4-5-6-7-8-9-10-11-13-29-23-39(64)52-33(24-37(49)62)44(69)54-32(22-28-15-17-30(61)18-16-28)43(68)55-34(25-38(50)63)48(73)58-21-12-14-36(58)46(71)53-31(19-20-40(65)66)42(67)56-35(26-59)45(70)57-41(27(2)60)47(72)51-29/h15-18,27,29,31-36,41,59-61H,3-14,19-26H2,1-2H3,(H2,49,62)(H2,50,63)(H,51,72)(H,52,64)(H,53,71)(H,54,69)(H,55,68)(H,56,67)(H,57,70)(H,65,66). The second kappa shape index (κ2) is 30.9. The number of phenols is 1. The Bertz CT molecular complexity index is 2090. The Balaban J connectivity index is 2.12. The van der Waals surface area contributed by atoms with Gasteiger partial charge in [-0.1, -0.05) is 76.8 Å². The van der Waals surface area contributed by atoms with Gasteiger partial charge >= 0.3 is 5.97 Å². The molecule has 15 N–H and O–H groups in total. The maximum atomic E-state index is 14.3. The van der Waals surface area contributed by atoms with Crippen LogP contribution in [0.4, 0.5) is 0 Å². The Kier molecular flexibility index (Phi) is 25.5. The largest absolute Gasteiger partial charge is 0.508 e. The van der Waals surface area contributed by atoms with Crippen molar-refractivity contribution in [2.24, 2.45) is 11.5 Å². The number of amides is 10. The predicted octanol–water partition coefficient (Wildman–Crippen LogP) is -2.37. The van der Waals surface area contributed by atoms with Gasteiger partial charge in [0, 0.05) is 31.8 Å². The number of primary amides is 2. The van der Waals surface area contributed by atoms with Gasteiger partial charge in [-0.2, -0.15) is 0 Å². The molecule has 9 atom stereocenters. The van der Waals surface area contributed by atoms with Crippen LogP contribution in [0, 0.1) is 0 Å². The summed E-state index contributed by atoms with van der Waals surface area (Å²) >= 11 is 0. The molecule has 9 unspecified atom stereocenters. The first-order valence-corrected chi connectivity index (χ1v) is 24.9. The fourth-order valence-electron chi connectivity index (χ4n) is 8.56. The van der Waals surface area contributed by atoms with E-state index < -0.39 is 158 Å². The van der Waals surface area contributed by atoms with Crippen molar-refractivity contribution in [1.82, 2.24) is 42.1 Å². The fraction of sp³-hybridized carbons (Fsp3) is 0.646. The van der Waals surface area contributed by atoms with Crippen LogP contribution in [-0.4, -0.2) is 158 Å². The molecular weight excluding hydrogens is 957 g/mol. The summed E-state index contributed by atoms with van der Waals surface area (Å²) in [4.78, 5) is 149. The summed E-state index contributed by atoms with van der Waals surface area (Å²) in [5.41, 5.74) is 11.4. The zero-order valence-corrected chi connectivity index (χ0v) is 41.5. The maximum Gasteiger partial charge on any atom is 0.303 e. The average molecular weight is 1030 g/mol. The van der Waals surface area contributed by atoms with E-state index in [2.05, 4.69) is 44.1 Å². The second-order valence-corrected chi connectivity index (χ2v) is 18.6. The van der Waals surface area contributed by atoms with Gasteiger partial charge in [-0.25, -0.2) is 0 Å². The lowest BCUT2D eigenvalue weighted by Crippen LogP contribution is -2.61. The molecule has 10 amide bonds. The second-order valence-electron chi connectivity index (χ2n) is 18.6. The molecule has 1 aromatic carbocycles. The number of aromatic hydroxyl groups is 1. The van der Waals surface area contributed by atoms with Gasteiger partial charge in [-0.05, 0) is 50.3 Å². The number of nitrogens with zero attached hydrogens (tertiary/aromatic N) is 1. The van der Waals surface area contributed by atoms with Crippen LogP contribution >= 0.6 is 0 Å². The van der Waals surface area contributed by atoms with Gasteiger partial charge < -0.3 is 74.0 Å². The molecule has 25 heteroatoms. The monoisotopic (exact) mass is 1030 g/mol. The summed E-state index contributed by atoms with van der Waals surface area (Å²) in [6, 6.07) is -7.32. The van der Waals surface area contributed by atoms with Crippen molar-refractivity contribution in [2.45, 2.75) is 184 Å². The molecule has 0 aromatic heterocycles. The summed E-state index contributed by atoms with van der Waals surface area (Å²) in [7, 11) is 0. The molecule has 2 aliphatic heterocycles. The molecule has 3 rings (SSSR count). The highest BCUT2D eigenvalue weighted by molar-refractivity contribution is 6.00. The van der Waals surface area contributed by atoms with Crippen molar-refractivity contribution in [3.05, 3.63) is 29.8 Å². The average Bonchev–Trinajstić information content (AvgIpc) is 3.82. The first-order chi connectivity index (χ1) is 34.6. The van der Waals surface area contributed by atoms with Gasteiger partial charge in [0.2, 0.25) is 59.1 Å². The highest BCUT2D eigenvalue weighted by atomic mass is 16.4. The molecule has 2 aliphatic rings. The van der Waals surface area contributed by atoms with E-state index in [-0.39, 0.29) is 38.0 Å². The molecule has 73 heavy (non-hydrogen) atoms. The third kappa shape index (κ3) is 21.0. The van der Waals surface area contributed by atoms with Crippen molar-refractivity contribution in [1.29, 1.82) is 0 Å². The molecule has 2 heterocycles. The van der Waals surface area contributed by atoms with Gasteiger partial charge in [0.05, 0.1) is 25.6 Å². The number of aliphatic carboxylic acids is 1. The Hall–Kier alpha value is -6.89. The van der Waals surface area contributed by atoms with Crippen molar-refractivity contribution < 1.29 is 73.2 Å². The van der Waals surface area contributed by atoms with Gasteiger partial charge in [-0.15, -0.1) is 0 Å². The smallest absolute Gasteiger partial charge is 0.303 e. The predicted molar refractivity (Wildman–Crippen MR) is 260 cm³/mol. The number of carboxylic acids is 1. The minimum atomic E-state index is -1.84. The number of aliphatic hydroxyl groups is 2. The number of nitrogens with two attached hydrogens (primary N) is 2. The lowest BCUT2D eigenvalue weighted by Gasteiger charge is -2.30. The maximum absolute atomic E-state index is 14.3. The van der Waals surface area contributed by atoms with E-state index in [1.807, 2.05) is 0 Å². The number of carbonyl (C=O) groups excluding carboxylic acids is 10.